The fourth-order valence-corrected chi connectivity index (χ4v) is 1.77. The highest BCUT2D eigenvalue weighted by atomic mass is 35.5. The second-order valence-corrected chi connectivity index (χ2v) is 3.95. The Labute approximate surface area is 115 Å². The summed E-state index contributed by atoms with van der Waals surface area (Å²) >= 11 is 5.59. The molecule has 1 aromatic carbocycles. The number of alkyl halides is 3. The van der Waals surface area contributed by atoms with E-state index in [1.54, 1.807) is 0 Å². The number of halogens is 5. The zero-order valence-electron chi connectivity index (χ0n) is 9.67. The first-order valence-corrected chi connectivity index (χ1v) is 5.50. The molecule has 0 aliphatic heterocycles. The van der Waals surface area contributed by atoms with Crippen molar-refractivity contribution in [2.45, 2.75) is 19.0 Å². The van der Waals surface area contributed by atoms with Gasteiger partial charge in [0.25, 0.3) is 0 Å². The van der Waals surface area contributed by atoms with Crippen molar-refractivity contribution in [3.63, 3.8) is 0 Å². The molecule has 0 bridgehead atoms. The lowest BCUT2D eigenvalue weighted by Crippen LogP contribution is -2.10. The van der Waals surface area contributed by atoms with Gasteiger partial charge in [0.05, 0.1) is 5.56 Å². The fraction of sp³-hybridized carbons (Fsp3) is 0.333. The average Bonchev–Trinajstić information content (AvgIpc) is 2.29. The summed E-state index contributed by atoms with van der Waals surface area (Å²) in [6.45, 7) is 2.13. The first-order chi connectivity index (χ1) is 7.90. The first kappa shape index (κ1) is 17.3. The van der Waals surface area contributed by atoms with E-state index in [1.165, 1.54) is 17.7 Å². The van der Waals surface area contributed by atoms with Crippen LogP contribution in [0.1, 0.15) is 24.0 Å². The largest absolute Gasteiger partial charge is 0.416 e. The van der Waals surface area contributed by atoms with Crippen LogP contribution in [0.3, 0.4) is 0 Å². The van der Waals surface area contributed by atoms with Crippen molar-refractivity contribution >= 4 is 24.0 Å². The van der Waals surface area contributed by atoms with Gasteiger partial charge in [-0.3, -0.25) is 0 Å². The highest BCUT2D eigenvalue weighted by molar-refractivity contribution is 6.25. The van der Waals surface area contributed by atoms with Crippen LogP contribution in [0.5, 0.6) is 0 Å². The van der Waals surface area contributed by atoms with E-state index in [0.29, 0.717) is 0 Å². The lowest BCUT2D eigenvalue weighted by atomic mass is 9.93. The second kappa shape index (κ2) is 7.02. The number of benzene rings is 1. The molecule has 0 aliphatic rings. The zero-order chi connectivity index (χ0) is 13.1. The molecule has 0 fully saturated rings. The van der Waals surface area contributed by atoms with Gasteiger partial charge in [0, 0.05) is 18.0 Å². The molecule has 6 heteroatoms. The number of hydrogen-bond donors (Lipinski definition) is 1. The Morgan fingerprint density at radius 1 is 1.33 bits per heavy atom. The zero-order valence-corrected chi connectivity index (χ0v) is 11.2. The van der Waals surface area contributed by atoms with Crippen LogP contribution >= 0.6 is 24.0 Å². The molecule has 1 atom stereocenters. The SMILES string of the molecule is CC(C(=CCl)CN)c1ccc(C(F)(F)F)cc1.Cl. The highest BCUT2D eigenvalue weighted by Gasteiger charge is 2.30. The number of nitrogens with two attached hydrogens (primary N) is 1. The van der Waals surface area contributed by atoms with Crippen molar-refractivity contribution < 1.29 is 13.2 Å². The number of rotatable bonds is 3. The van der Waals surface area contributed by atoms with E-state index in [2.05, 4.69) is 0 Å². The van der Waals surface area contributed by atoms with Gasteiger partial charge in [0.2, 0.25) is 0 Å². The summed E-state index contributed by atoms with van der Waals surface area (Å²) in [6.07, 6.45) is -4.30. The maximum Gasteiger partial charge on any atom is 0.416 e. The molecular formula is C12H14Cl2F3N. The maximum absolute atomic E-state index is 12.4. The minimum atomic E-state index is -4.30. The van der Waals surface area contributed by atoms with Gasteiger partial charge >= 0.3 is 6.18 Å². The summed E-state index contributed by atoms with van der Waals surface area (Å²) in [5.41, 5.74) is 7.75. The summed E-state index contributed by atoms with van der Waals surface area (Å²) in [6, 6.07) is 5.02. The molecule has 0 saturated carbocycles. The van der Waals surface area contributed by atoms with E-state index in [1.807, 2.05) is 6.92 Å². The standard InChI is InChI=1S/C12H13ClF3N.ClH/c1-8(10(6-13)7-17)9-2-4-11(5-3-9)12(14,15)16;/h2-6,8H,7,17H2,1H3;1H. The molecule has 1 rings (SSSR count). The van der Waals surface area contributed by atoms with Crippen molar-refractivity contribution in [2.24, 2.45) is 5.73 Å². The highest BCUT2D eigenvalue weighted by Crippen LogP contribution is 2.31. The molecule has 18 heavy (non-hydrogen) atoms. The molecule has 0 spiro atoms. The van der Waals surface area contributed by atoms with E-state index >= 15 is 0 Å². The van der Waals surface area contributed by atoms with E-state index in [-0.39, 0.29) is 24.9 Å². The second-order valence-electron chi connectivity index (χ2n) is 3.73. The van der Waals surface area contributed by atoms with Crippen LogP contribution in [0.25, 0.3) is 0 Å². The quantitative estimate of drug-likeness (QED) is 0.884. The van der Waals surface area contributed by atoms with Gasteiger partial charge in [0.1, 0.15) is 0 Å². The van der Waals surface area contributed by atoms with Crippen LogP contribution in [0.2, 0.25) is 0 Å². The average molecular weight is 300 g/mol. The Bertz CT molecular complexity index is 399. The van der Waals surface area contributed by atoms with Gasteiger partial charge in [-0.15, -0.1) is 12.4 Å². The predicted octanol–water partition coefficient (Wildman–Crippen LogP) is 4.31. The van der Waals surface area contributed by atoms with Gasteiger partial charge < -0.3 is 5.73 Å². The summed E-state index contributed by atoms with van der Waals surface area (Å²) in [5, 5.41) is 0. The first-order valence-electron chi connectivity index (χ1n) is 5.06. The van der Waals surface area contributed by atoms with Crippen molar-refractivity contribution in [1.82, 2.24) is 0 Å². The summed E-state index contributed by atoms with van der Waals surface area (Å²) in [5.74, 6) is -0.0835. The summed E-state index contributed by atoms with van der Waals surface area (Å²) < 4.78 is 37.1. The van der Waals surface area contributed by atoms with E-state index in [9.17, 15) is 13.2 Å². The molecule has 2 N–H and O–H groups in total. The molecule has 0 saturated heterocycles. The maximum atomic E-state index is 12.4. The van der Waals surface area contributed by atoms with E-state index in [4.69, 9.17) is 17.3 Å². The molecule has 1 aromatic rings. The minimum Gasteiger partial charge on any atom is -0.327 e. The van der Waals surface area contributed by atoms with Crippen molar-refractivity contribution in [1.29, 1.82) is 0 Å². The third-order valence-corrected chi connectivity index (χ3v) is 2.95. The smallest absolute Gasteiger partial charge is 0.327 e. The predicted molar refractivity (Wildman–Crippen MR) is 70.1 cm³/mol. The van der Waals surface area contributed by atoms with Crippen LogP contribution in [0.15, 0.2) is 35.4 Å². The molecule has 0 aliphatic carbocycles. The Morgan fingerprint density at radius 3 is 2.17 bits per heavy atom. The van der Waals surface area contributed by atoms with E-state index in [0.717, 1.165) is 23.3 Å². The van der Waals surface area contributed by atoms with Gasteiger partial charge in [-0.05, 0) is 23.3 Å². The van der Waals surface area contributed by atoms with Crippen LogP contribution in [-0.4, -0.2) is 6.54 Å². The molecule has 0 heterocycles. The van der Waals surface area contributed by atoms with Gasteiger partial charge in [-0.2, -0.15) is 13.2 Å². The molecule has 1 nitrogen and oxygen atoms in total. The Hall–Kier alpha value is -0.710. The van der Waals surface area contributed by atoms with Crippen LogP contribution in [0, 0.1) is 0 Å². The molecule has 0 aromatic heterocycles. The van der Waals surface area contributed by atoms with E-state index < -0.39 is 11.7 Å². The molecular weight excluding hydrogens is 286 g/mol. The summed E-state index contributed by atoms with van der Waals surface area (Å²) in [7, 11) is 0. The number of hydrogen-bond acceptors (Lipinski definition) is 1. The van der Waals surface area contributed by atoms with Crippen molar-refractivity contribution in [3.8, 4) is 0 Å². The minimum absolute atomic E-state index is 0. The molecule has 0 radical (unpaired) electrons. The van der Waals surface area contributed by atoms with Crippen molar-refractivity contribution in [3.05, 3.63) is 46.5 Å². The Balaban J connectivity index is 0.00000289. The Kier molecular flexibility index (Phi) is 6.74. The molecule has 0 amide bonds. The topological polar surface area (TPSA) is 26.0 Å². The lowest BCUT2D eigenvalue weighted by molar-refractivity contribution is -0.137. The van der Waals surface area contributed by atoms with Crippen LogP contribution < -0.4 is 5.73 Å². The third kappa shape index (κ3) is 4.19. The van der Waals surface area contributed by atoms with Gasteiger partial charge in [-0.25, -0.2) is 0 Å². The molecule has 102 valence electrons. The van der Waals surface area contributed by atoms with Crippen LogP contribution in [0.4, 0.5) is 13.2 Å². The fourth-order valence-electron chi connectivity index (χ4n) is 1.49. The Morgan fingerprint density at radius 2 is 1.83 bits per heavy atom. The monoisotopic (exact) mass is 299 g/mol. The normalized spacial score (nSPS) is 14.0. The third-order valence-electron chi connectivity index (χ3n) is 2.67. The van der Waals surface area contributed by atoms with Gasteiger partial charge in [0.15, 0.2) is 0 Å². The van der Waals surface area contributed by atoms with Crippen molar-refractivity contribution in [2.75, 3.05) is 6.54 Å². The van der Waals surface area contributed by atoms with Crippen LogP contribution in [-0.2, 0) is 6.18 Å². The summed E-state index contributed by atoms with van der Waals surface area (Å²) in [4.78, 5) is 0. The molecule has 1 unspecified atom stereocenters. The van der Waals surface area contributed by atoms with Gasteiger partial charge in [-0.1, -0.05) is 30.7 Å². The lowest BCUT2D eigenvalue weighted by Gasteiger charge is -2.15.